The number of rotatable bonds is 6. The Morgan fingerprint density at radius 2 is 1.76 bits per heavy atom. The van der Waals surface area contributed by atoms with Gasteiger partial charge in [-0.1, -0.05) is 0 Å². The molecule has 2 aromatic carbocycles. The molecule has 3 rings (SSSR count). The van der Waals surface area contributed by atoms with E-state index in [1.165, 1.54) is 38.7 Å². The van der Waals surface area contributed by atoms with Crippen molar-refractivity contribution in [3.8, 4) is 17.6 Å². The second-order valence-corrected chi connectivity index (χ2v) is 5.83. The quantitative estimate of drug-likeness (QED) is 0.663. The molecule has 2 amide bonds. The van der Waals surface area contributed by atoms with Gasteiger partial charge in [-0.3, -0.25) is 9.59 Å². The molecule has 0 saturated heterocycles. The molecule has 0 fully saturated rings. The summed E-state index contributed by atoms with van der Waals surface area (Å²) in [7, 11) is 2.86. The third-order valence-corrected chi connectivity index (χ3v) is 4.01. The van der Waals surface area contributed by atoms with Gasteiger partial charge in [-0.05, 0) is 48.5 Å². The molecule has 8 nitrogen and oxygen atoms in total. The van der Waals surface area contributed by atoms with Gasteiger partial charge in [-0.15, -0.1) is 0 Å². The van der Waals surface area contributed by atoms with Crippen molar-refractivity contribution < 1.29 is 23.5 Å². The van der Waals surface area contributed by atoms with Gasteiger partial charge in [-0.2, -0.15) is 5.26 Å². The number of anilines is 2. The number of nitrogens with zero attached hydrogens (tertiary/aromatic N) is 1. The Labute approximate surface area is 166 Å². The van der Waals surface area contributed by atoms with Crippen LogP contribution in [-0.4, -0.2) is 26.0 Å². The Balaban J connectivity index is 1.90. The molecule has 0 unspecified atom stereocenters. The van der Waals surface area contributed by atoms with E-state index in [1.54, 1.807) is 30.3 Å². The van der Waals surface area contributed by atoms with Crippen LogP contribution in [0.1, 0.15) is 26.5 Å². The van der Waals surface area contributed by atoms with E-state index in [9.17, 15) is 9.59 Å². The number of carbonyl (C=O) groups is 2. The van der Waals surface area contributed by atoms with Crippen molar-refractivity contribution in [2.24, 2.45) is 0 Å². The van der Waals surface area contributed by atoms with Crippen molar-refractivity contribution in [3.05, 3.63) is 71.7 Å². The molecule has 0 radical (unpaired) electrons. The zero-order chi connectivity index (χ0) is 20.8. The SMILES string of the molecule is COc1cc(C(=O)Nc2ccc(C#N)cc2)cc(NC(=O)c2ccco2)c1OC. The standard InChI is InChI=1S/C21H17N3O5/c1-27-18-11-14(20(25)23-15-7-5-13(12-22)6-8-15)10-16(19(18)28-2)24-21(26)17-4-3-9-29-17/h3-11H,1-2H3,(H,23,25)(H,24,26). The van der Waals surface area contributed by atoms with Crippen molar-refractivity contribution in [2.75, 3.05) is 24.9 Å². The molecule has 146 valence electrons. The summed E-state index contributed by atoms with van der Waals surface area (Å²) >= 11 is 0. The van der Waals surface area contributed by atoms with Crippen LogP contribution in [0.15, 0.2) is 59.2 Å². The van der Waals surface area contributed by atoms with E-state index >= 15 is 0 Å². The Morgan fingerprint density at radius 1 is 1.00 bits per heavy atom. The molecule has 8 heteroatoms. The van der Waals surface area contributed by atoms with Crippen LogP contribution < -0.4 is 20.1 Å². The lowest BCUT2D eigenvalue weighted by molar-refractivity contribution is 0.0992. The summed E-state index contributed by atoms with van der Waals surface area (Å²) in [5, 5.41) is 14.3. The Kier molecular flexibility index (Phi) is 5.80. The van der Waals surface area contributed by atoms with Crippen LogP contribution in [0.4, 0.5) is 11.4 Å². The minimum Gasteiger partial charge on any atom is -0.493 e. The summed E-state index contributed by atoms with van der Waals surface area (Å²) in [5.74, 6) is -0.278. The molecule has 0 spiro atoms. The summed E-state index contributed by atoms with van der Waals surface area (Å²) < 4.78 is 15.7. The van der Waals surface area contributed by atoms with Crippen molar-refractivity contribution in [1.29, 1.82) is 5.26 Å². The third-order valence-electron chi connectivity index (χ3n) is 4.01. The highest BCUT2D eigenvalue weighted by Gasteiger charge is 2.19. The lowest BCUT2D eigenvalue weighted by Gasteiger charge is -2.15. The van der Waals surface area contributed by atoms with E-state index in [0.717, 1.165) is 0 Å². The molecule has 1 aromatic heterocycles. The van der Waals surface area contributed by atoms with Gasteiger partial charge in [0.05, 0.1) is 37.8 Å². The van der Waals surface area contributed by atoms with Crippen molar-refractivity contribution in [3.63, 3.8) is 0 Å². The maximum Gasteiger partial charge on any atom is 0.291 e. The van der Waals surface area contributed by atoms with Crippen LogP contribution in [0.3, 0.4) is 0 Å². The van der Waals surface area contributed by atoms with E-state index in [1.807, 2.05) is 6.07 Å². The normalized spacial score (nSPS) is 9.97. The van der Waals surface area contributed by atoms with E-state index in [0.29, 0.717) is 11.3 Å². The number of amides is 2. The number of hydrogen-bond donors (Lipinski definition) is 2. The van der Waals surface area contributed by atoms with E-state index < -0.39 is 11.8 Å². The summed E-state index contributed by atoms with van der Waals surface area (Å²) in [6.45, 7) is 0. The first kappa shape index (κ1) is 19.5. The number of carbonyl (C=O) groups excluding carboxylic acids is 2. The largest absolute Gasteiger partial charge is 0.493 e. The number of nitrogens with one attached hydrogen (secondary N) is 2. The number of methoxy groups -OCH3 is 2. The number of ether oxygens (including phenoxy) is 2. The summed E-state index contributed by atoms with van der Waals surface area (Å²) in [5.41, 5.74) is 1.49. The van der Waals surface area contributed by atoms with Crippen molar-refractivity contribution in [2.45, 2.75) is 0 Å². The van der Waals surface area contributed by atoms with Crippen molar-refractivity contribution >= 4 is 23.2 Å². The average molecular weight is 391 g/mol. The highest BCUT2D eigenvalue weighted by Crippen LogP contribution is 2.37. The van der Waals surface area contributed by atoms with Gasteiger partial charge in [-0.25, -0.2) is 0 Å². The summed E-state index contributed by atoms with van der Waals surface area (Å²) in [6.07, 6.45) is 1.38. The fourth-order valence-electron chi connectivity index (χ4n) is 2.61. The van der Waals surface area contributed by atoms with Crippen LogP contribution in [0.25, 0.3) is 0 Å². The lowest BCUT2D eigenvalue weighted by atomic mass is 10.1. The number of furan rings is 1. The van der Waals surface area contributed by atoms with Crippen LogP contribution >= 0.6 is 0 Å². The van der Waals surface area contributed by atoms with Gasteiger partial charge in [0.15, 0.2) is 17.3 Å². The minimum atomic E-state index is -0.500. The number of hydrogen-bond acceptors (Lipinski definition) is 6. The molecule has 0 aliphatic carbocycles. The predicted molar refractivity (Wildman–Crippen MR) is 105 cm³/mol. The van der Waals surface area contributed by atoms with Gasteiger partial charge in [0.2, 0.25) is 0 Å². The van der Waals surface area contributed by atoms with Gasteiger partial charge in [0.1, 0.15) is 0 Å². The van der Waals surface area contributed by atoms with E-state index in [2.05, 4.69) is 10.6 Å². The van der Waals surface area contributed by atoms with Gasteiger partial charge in [0, 0.05) is 11.3 Å². The van der Waals surface area contributed by atoms with E-state index in [-0.39, 0.29) is 28.5 Å². The molecule has 29 heavy (non-hydrogen) atoms. The first-order valence-electron chi connectivity index (χ1n) is 8.48. The third kappa shape index (κ3) is 4.36. The molecule has 3 aromatic rings. The van der Waals surface area contributed by atoms with E-state index in [4.69, 9.17) is 19.2 Å². The number of nitriles is 1. The predicted octanol–water partition coefficient (Wildman–Crippen LogP) is 3.67. The van der Waals surface area contributed by atoms with Crippen molar-refractivity contribution in [1.82, 2.24) is 0 Å². The zero-order valence-corrected chi connectivity index (χ0v) is 15.7. The Hall–Kier alpha value is -4.25. The first-order chi connectivity index (χ1) is 14.0. The fourth-order valence-corrected chi connectivity index (χ4v) is 2.61. The maximum absolute atomic E-state index is 12.7. The smallest absolute Gasteiger partial charge is 0.291 e. The fraction of sp³-hybridized carbons (Fsp3) is 0.0952. The molecule has 2 N–H and O–H groups in total. The zero-order valence-electron chi connectivity index (χ0n) is 15.7. The van der Waals surface area contributed by atoms with Crippen LogP contribution in [-0.2, 0) is 0 Å². The number of benzene rings is 2. The van der Waals surface area contributed by atoms with Gasteiger partial charge < -0.3 is 24.5 Å². The first-order valence-corrected chi connectivity index (χ1v) is 8.48. The highest BCUT2D eigenvalue weighted by molar-refractivity contribution is 6.08. The molecule has 1 heterocycles. The molecule has 0 atom stereocenters. The molecule has 0 aliphatic heterocycles. The minimum absolute atomic E-state index is 0.110. The average Bonchev–Trinajstić information content (AvgIpc) is 3.28. The summed E-state index contributed by atoms with van der Waals surface area (Å²) in [4.78, 5) is 25.0. The molecule has 0 bridgehead atoms. The second kappa shape index (κ2) is 8.63. The van der Waals surface area contributed by atoms with Gasteiger partial charge in [0.25, 0.3) is 11.8 Å². The van der Waals surface area contributed by atoms with Crippen LogP contribution in [0.2, 0.25) is 0 Å². The molecule has 0 saturated carbocycles. The van der Waals surface area contributed by atoms with Gasteiger partial charge >= 0.3 is 0 Å². The molecule has 0 aliphatic rings. The van der Waals surface area contributed by atoms with Crippen LogP contribution in [0, 0.1) is 11.3 Å². The molecular weight excluding hydrogens is 374 g/mol. The van der Waals surface area contributed by atoms with Crippen LogP contribution in [0.5, 0.6) is 11.5 Å². The maximum atomic E-state index is 12.7. The lowest BCUT2D eigenvalue weighted by Crippen LogP contribution is -2.15. The Bertz CT molecular complexity index is 1070. The second-order valence-electron chi connectivity index (χ2n) is 5.83. The Morgan fingerprint density at radius 3 is 2.34 bits per heavy atom. The topological polar surface area (TPSA) is 114 Å². The monoisotopic (exact) mass is 391 g/mol. The molecular formula is C21H17N3O5. The summed E-state index contributed by atoms with van der Waals surface area (Å²) in [6, 6.07) is 14.5. The highest BCUT2D eigenvalue weighted by atomic mass is 16.5.